The molecule has 2 N–H and O–H groups in total. The average Bonchev–Trinajstić information content (AvgIpc) is 2.67. The fourth-order valence-electron chi connectivity index (χ4n) is 3.05. The molecule has 1 aliphatic heterocycles. The van der Waals surface area contributed by atoms with Gasteiger partial charge in [0.2, 0.25) is 5.91 Å². The Morgan fingerprint density at radius 1 is 1.08 bits per heavy atom. The van der Waals surface area contributed by atoms with Gasteiger partial charge in [0.15, 0.2) is 0 Å². The Morgan fingerprint density at radius 3 is 2.38 bits per heavy atom. The highest BCUT2D eigenvalue weighted by atomic mass is 19.1. The molecule has 0 unspecified atom stereocenters. The van der Waals surface area contributed by atoms with Crippen LogP contribution in [0.3, 0.4) is 0 Å². The molecule has 3 rings (SSSR count). The van der Waals surface area contributed by atoms with Crippen LogP contribution in [0.15, 0.2) is 48.5 Å². The molecule has 2 amide bonds. The van der Waals surface area contributed by atoms with Crippen LogP contribution in [0.4, 0.5) is 4.39 Å². The second kappa shape index (κ2) is 7.99. The summed E-state index contributed by atoms with van der Waals surface area (Å²) in [7, 11) is 0. The number of nitrogens with two attached hydrogens (primary N) is 1. The molecule has 0 radical (unpaired) electrons. The number of ether oxygens (including phenoxy) is 1. The summed E-state index contributed by atoms with van der Waals surface area (Å²) in [4.78, 5) is 25.8. The molecule has 0 aliphatic carbocycles. The van der Waals surface area contributed by atoms with Crippen molar-refractivity contribution >= 4 is 11.8 Å². The van der Waals surface area contributed by atoms with Gasteiger partial charge in [0, 0.05) is 19.0 Å². The first-order valence-electron chi connectivity index (χ1n) is 8.59. The van der Waals surface area contributed by atoms with Crippen LogP contribution in [0.25, 0.3) is 0 Å². The van der Waals surface area contributed by atoms with Crippen LogP contribution >= 0.6 is 0 Å². The van der Waals surface area contributed by atoms with E-state index in [2.05, 4.69) is 0 Å². The Morgan fingerprint density at radius 2 is 1.73 bits per heavy atom. The van der Waals surface area contributed by atoms with Crippen molar-refractivity contribution in [2.45, 2.75) is 19.4 Å². The van der Waals surface area contributed by atoms with Gasteiger partial charge < -0.3 is 15.4 Å². The Kier molecular flexibility index (Phi) is 5.51. The number of amides is 2. The van der Waals surface area contributed by atoms with Crippen LogP contribution in [0.1, 0.15) is 28.8 Å². The summed E-state index contributed by atoms with van der Waals surface area (Å²) in [5.74, 6) is -0.408. The second-order valence-corrected chi connectivity index (χ2v) is 6.38. The predicted octanol–water partition coefficient (Wildman–Crippen LogP) is 2.74. The second-order valence-electron chi connectivity index (χ2n) is 6.38. The van der Waals surface area contributed by atoms with Crippen molar-refractivity contribution in [3.8, 4) is 5.75 Å². The van der Waals surface area contributed by atoms with E-state index in [1.165, 1.54) is 12.1 Å². The molecule has 5 nitrogen and oxygen atoms in total. The van der Waals surface area contributed by atoms with Gasteiger partial charge in [-0.2, -0.15) is 0 Å². The van der Waals surface area contributed by atoms with E-state index < -0.39 is 0 Å². The van der Waals surface area contributed by atoms with Crippen LogP contribution in [0.2, 0.25) is 0 Å². The van der Waals surface area contributed by atoms with Crippen LogP contribution < -0.4 is 10.5 Å². The molecule has 136 valence electrons. The van der Waals surface area contributed by atoms with Crippen molar-refractivity contribution in [3.63, 3.8) is 0 Å². The van der Waals surface area contributed by atoms with Gasteiger partial charge in [-0.1, -0.05) is 24.3 Å². The Bertz CT molecular complexity index is 784. The van der Waals surface area contributed by atoms with Gasteiger partial charge in [-0.05, 0) is 42.7 Å². The molecule has 1 fully saturated rings. The first-order chi connectivity index (χ1) is 12.5. The number of piperidine rings is 1. The highest BCUT2D eigenvalue weighted by Gasteiger charge is 2.27. The van der Waals surface area contributed by atoms with Gasteiger partial charge in [0.1, 0.15) is 18.2 Å². The summed E-state index contributed by atoms with van der Waals surface area (Å²) in [6.45, 7) is 1.24. The number of rotatable bonds is 5. The lowest BCUT2D eigenvalue weighted by Gasteiger charge is -2.31. The minimum absolute atomic E-state index is 0.123. The number of nitrogens with zero attached hydrogens (tertiary/aromatic N) is 1. The fourth-order valence-corrected chi connectivity index (χ4v) is 3.05. The van der Waals surface area contributed by atoms with Crippen LogP contribution in [0.5, 0.6) is 5.75 Å². The summed E-state index contributed by atoms with van der Waals surface area (Å²) in [6.07, 6.45) is 1.17. The summed E-state index contributed by atoms with van der Waals surface area (Å²) >= 11 is 0. The van der Waals surface area contributed by atoms with Crippen molar-refractivity contribution in [3.05, 3.63) is 65.5 Å². The molecule has 2 aromatic rings. The number of carbonyl (C=O) groups excluding carboxylic acids is 2. The SMILES string of the molecule is NC(=O)C1CCN(C(=O)c2ccccc2OCc2ccc(F)cc2)CC1. The van der Waals surface area contributed by atoms with Crippen molar-refractivity contribution in [2.75, 3.05) is 13.1 Å². The highest BCUT2D eigenvalue weighted by Crippen LogP contribution is 2.24. The molecule has 6 heteroatoms. The Balaban J connectivity index is 1.67. The summed E-state index contributed by atoms with van der Waals surface area (Å²) in [6, 6.07) is 13.1. The van der Waals surface area contributed by atoms with E-state index in [-0.39, 0.29) is 30.2 Å². The summed E-state index contributed by atoms with van der Waals surface area (Å²) in [5.41, 5.74) is 6.64. The van der Waals surface area contributed by atoms with E-state index in [1.807, 2.05) is 0 Å². The molecule has 0 spiro atoms. The van der Waals surface area contributed by atoms with E-state index in [0.29, 0.717) is 37.2 Å². The van der Waals surface area contributed by atoms with Gasteiger partial charge in [0.25, 0.3) is 5.91 Å². The highest BCUT2D eigenvalue weighted by molar-refractivity contribution is 5.97. The van der Waals surface area contributed by atoms with Crippen molar-refractivity contribution in [2.24, 2.45) is 11.7 Å². The minimum atomic E-state index is -0.305. The molecular formula is C20H21FN2O3. The average molecular weight is 356 g/mol. The van der Waals surface area contributed by atoms with Gasteiger partial charge >= 0.3 is 0 Å². The Hall–Kier alpha value is -2.89. The minimum Gasteiger partial charge on any atom is -0.488 e. The maximum absolute atomic E-state index is 13.0. The summed E-state index contributed by atoms with van der Waals surface area (Å²) < 4.78 is 18.8. The zero-order valence-corrected chi connectivity index (χ0v) is 14.4. The monoisotopic (exact) mass is 356 g/mol. The summed E-state index contributed by atoms with van der Waals surface area (Å²) in [5, 5.41) is 0. The van der Waals surface area contributed by atoms with Gasteiger partial charge in [-0.3, -0.25) is 9.59 Å². The lowest BCUT2D eigenvalue weighted by atomic mass is 9.96. The van der Waals surface area contributed by atoms with Gasteiger partial charge in [-0.25, -0.2) is 4.39 Å². The zero-order chi connectivity index (χ0) is 18.5. The molecule has 1 heterocycles. The van der Waals surface area contributed by atoms with Crippen molar-refractivity contribution in [1.82, 2.24) is 4.90 Å². The van der Waals surface area contributed by atoms with E-state index in [4.69, 9.17) is 10.5 Å². The maximum Gasteiger partial charge on any atom is 0.257 e. The molecule has 0 atom stereocenters. The predicted molar refractivity (Wildman–Crippen MR) is 95.0 cm³/mol. The first kappa shape index (κ1) is 17.9. The smallest absolute Gasteiger partial charge is 0.257 e. The molecule has 2 aromatic carbocycles. The lowest BCUT2D eigenvalue weighted by molar-refractivity contribution is -0.123. The molecule has 0 aromatic heterocycles. The van der Waals surface area contributed by atoms with Crippen LogP contribution in [-0.2, 0) is 11.4 Å². The van der Waals surface area contributed by atoms with Crippen LogP contribution in [-0.4, -0.2) is 29.8 Å². The molecule has 1 aliphatic rings. The van der Waals surface area contributed by atoms with E-state index in [0.717, 1.165) is 5.56 Å². The third-order valence-electron chi connectivity index (χ3n) is 4.61. The Labute approximate surface area is 151 Å². The number of hydrogen-bond donors (Lipinski definition) is 1. The number of carbonyl (C=O) groups is 2. The van der Waals surface area contributed by atoms with Crippen LogP contribution in [0, 0.1) is 11.7 Å². The number of likely N-dealkylation sites (tertiary alicyclic amines) is 1. The van der Waals surface area contributed by atoms with Crippen molar-refractivity contribution < 1.29 is 18.7 Å². The van der Waals surface area contributed by atoms with Crippen molar-refractivity contribution in [1.29, 1.82) is 0 Å². The number of benzene rings is 2. The maximum atomic E-state index is 13.0. The molecule has 0 bridgehead atoms. The fraction of sp³-hybridized carbons (Fsp3) is 0.300. The molecule has 26 heavy (non-hydrogen) atoms. The third-order valence-corrected chi connectivity index (χ3v) is 4.61. The topological polar surface area (TPSA) is 72.6 Å². The number of halogens is 1. The zero-order valence-electron chi connectivity index (χ0n) is 14.4. The third kappa shape index (κ3) is 4.20. The molecular weight excluding hydrogens is 335 g/mol. The van der Waals surface area contributed by atoms with E-state index >= 15 is 0 Å². The van der Waals surface area contributed by atoms with Gasteiger partial charge in [0.05, 0.1) is 5.56 Å². The number of para-hydroxylation sites is 1. The normalized spacial score (nSPS) is 14.9. The van der Waals surface area contributed by atoms with E-state index in [9.17, 15) is 14.0 Å². The molecule has 0 saturated carbocycles. The largest absolute Gasteiger partial charge is 0.488 e. The van der Waals surface area contributed by atoms with E-state index in [1.54, 1.807) is 41.3 Å². The van der Waals surface area contributed by atoms with Gasteiger partial charge in [-0.15, -0.1) is 0 Å². The number of hydrogen-bond acceptors (Lipinski definition) is 3. The lowest BCUT2D eigenvalue weighted by Crippen LogP contribution is -2.41. The first-order valence-corrected chi connectivity index (χ1v) is 8.59. The quantitative estimate of drug-likeness (QED) is 0.895. The number of primary amides is 1. The molecule has 1 saturated heterocycles. The standard InChI is InChI=1S/C20H21FN2O3/c21-16-7-5-14(6-8-16)13-26-18-4-2-1-3-17(18)20(25)23-11-9-15(10-12-23)19(22)24/h1-8,15H,9-13H2,(H2,22,24).